The van der Waals surface area contributed by atoms with Crippen molar-refractivity contribution in [1.29, 1.82) is 0 Å². The Morgan fingerprint density at radius 2 is 1.85 bits per heavy atom. The second-order valence-corrected chi connectivity index (χ2v) is 3.70. The summed E-state index contributed by atoms with van der Waals surface area (Å²) >= 11 is 0. The quantitative estimate of drug-likeness (QED) is 0.613. The number of esters is 1. The largest absolute Gasteiger partial charge is 0.479 e. The summed E-state index contributed by atoms with van der Waals surface area (Å²) in [7, 11) is 0. The van der Waals surface area contributed by atoms with Crippen molar-refractivity contribution in [2.75, 3.05) is 6.61 Å². The van der Waals surface area contributed by atoms with E-state index in [9.17, 15) is 9.59 Å². The molecule has 0 heterocycles. The van der Waals surface area contributed by atoms with Crippen molar-refractivity contribution < 1.29 is 24.5 Å². The highest BCUT2D eigenvalue weighted by molar-refractivity contribution is 5.76. The van der Waals surface area contributed by atoms with E-state index in [1.54, 1.807) is 20.8 Å². The maximum absolute atomic E-state index is 11.1. The predicted molar refractivity (Wildman–Crippen MR) is 44.1 cm³/mol. The molecule has 5 heteroatoms. The van der Waals surface area contributed by atoms with E-state index >= 15 is 0 Å². The molecule has 76 valence electrons. The summed E-state index contributed by atoms with van der Waals surface area (Å²) in [5.74, 6) is -1.94. The molecule has 0 amide bonds. The van der Waals surface area contributed by atoms with Gasteiger partial charge in [-0.25, -0.2) is 4.79 Å². The highest BCUT2D eigenvalue weighted by atomic mass is 16.5. The van der Waals surface area contributed by atoms with E-state index in [0.717, 1.165) is 0 Å². The number of aliphatic hydroxyl groups is 1. The number of aliphatic hydroxyl groups excluding tert-OH is 1. The summed E-state index contributed by atoms with van der Waals surface area (Å²) < 4.78 is 4.56. The van der Waals surface area contributed by atoms with E-state index in [0.29, 0.717) is 0 Å². The Kier molecular flexibility index (Phi) is 3.87. The zero-order chi connectivity index (χ0) is 10.6. The fraction of sp³-hybridized carbons (Fsp3) is 0.750. The number of aliphatic carboxylic acids is 1. The smallest absolute Gasteiger partial charge is 0.336 e. The molecule has 1 atom stereocenters. The van der Waals surface area contributed by atoms with Gasteiger partial charge in [0.25, 0.3) is 0 Å². The number of carbonyl (C=O) groups is 2. The van der Waals surface area contributed by atoms with Gasteiger partial charge in [-0.15, -0.1) is 0 Å². The van der Waals surface area contributed by atoms with Gasteiger partial charge in [-0.05, 0) is 20.8 Å². The Balaban J connectivity index is 3.91. The van der Waals surface area contributed by atoms with Crippen molar-refractivity contribution in [2.24, 2.45) is 5.41 Å². The third-order valence-electron chi connectivity index (χ3n) is 1.27. The van der Waals surface area contributed by atoms with Crippen LogP contribution < -0.4 is 0 Å². The minimum Gasteiger partial charge on any atom is -0.479 e. The van der Waals surface area contributed by atoms with E-state index in [1.807, 2.05) is 0 Å². The number of hydrogen-bond acceptors (Lipinski definition) is 4. The zero-order valence-electron chi connectivity index (χ0n) is 7.90. The first-order valence-electron chi connectivity index (χ1n) is 3.83. The van der Waals surface area contributed by atoms with Gasteiger partial charge in [-0.3, -0.25) is 4.79 Å². The van der Waals surface area contributed by atoms with E-state index in [2.05, 4.69) is 4.74 Å². The molecular weight excluding hydrogens is 176 g/mol. The van der Waals surface area contributed by atoms with Crippen LogP contribution in [0.1, 0.15) is 20.8 Å². The lowest BCUT2D eigenvalue weighted by atomic mass is 9.97. The van der Waals surface area contributed by atoms with Crippen molar-refractivity contribution >= 4 is 11.9 Å². The first-order chi connectivity index (χ1) is 5.75. The maximum atomic E-state index is 11.1. The summed E-state index contributed by atoms with van der Waals surface area (Å²) in [6, 6.07) is 0. The van der Waals surface area contributed by atoms with Crippen LogP contribution in [-0.2, 0) is 14.3 Å². The van der Waals surface area contributed by atoms with E-state index in [4.69, 9.17) is 10.2 Å². The molecule has 0 radical (unpaired) electrons. The van der Waals surface area contributed by atoms with Gasteiger partial charge in [0.15, 0.2) is 6.10 Å². The van der Waals surface area contributed by atoms with E-state index in [1.165, 1.54) is 0 Å². The number of hydrogen-bond donors (Lipinski definition) is 2. The Hall–Kier alpha value is -1.10. The Morgan fingerprint density at radius 1 is 1.38 bits per heavy atom. The molecule has 0 rings (SSSR count). The van der Waals surface area contributed by atoms with Gasteiger partial charge in [0.05, 0.1) is 5.41 Å². The average Bonchev–Trinajstić information content (AvgIpc) is 1.97. The van der Waals surface area contributed by atoms with Gasteiger partial charge in [0, 0.05) is 0 Å². The lowest BCUT2D eigenvalue weighted by Gasteiger charge is -2.17. The molecule has 1 unspecified atom stereocenters. The summed E-state index contributed by atoms with van der Waals surface area (Å²) in [6.45, 7) is 4.42. The Labute approximate surface area is 76.3 Å². The van der Waals surface area contributed by atoms with Crippen LogP contribution in [0.4, 0.5) is 0 Å². The fourth-order valence-corrected chi connectivity index (χ4v) is 0.442. The Morgan fingerprint density at radius 3 is 2.15 bits per heavy atom. The summed E-state index contributed by atoms with van der Waals surface area (Å²) in [4.78, 5) is 21.2. The molecule has 5 nitrogen and oxygen atoms in total. The highest BCUT2D eigenvalue weighted by Crippen LogP contribution is 2.14. The maximum Gasteiger partial charge on any atom is 0.336 e. The van der Waals surface area contributed by atoms with Crippen molar-refractivity contribution in [3.63, 3.8) is 0 Å². The number of carboxylic acids is 1. The van der Waals surface area contributed by atoms with Crippen molar-refractivity contribution in [2.45, 2.75) is 26.9 Å². The highest BCUT2D eigenvalue weighted by Gasteiger charge is 2.25. The van der Waals surface area contributed by atoms with E-state index < -0.39 is 30.1 Å². The summed E-state index contributed by atoms with van der Waals surface area (Å²) in [6.07, 6.45) is -1.65. The minimum absolute atomic E-state index is 0.508. The molecular formula is C8H14O5. The lowest BCUT2D eigenvalue weighted by Crippen LogP contribution is -2.31. The van der Waals surface area contributed by atoms with Crippen LogP contribution >= 0.6 is 0 Å². The Bertz CT molecular complexity index is 203. The van der Waals surface area contributed by atoms with Crippen LogP contribution in [0.2, 0.25) is 0 Å². The van der Waals surface area contributed by atoms with Gasteiger partial charge >= 0.3 is 11.9 Å². The molecule has 0 saturated heterocycles. The zero-order valence-corrected chi connectivity index (χ0v) is 7.90. The molecule has 0 aliphatic rings. The SMILES string of the molecule is CC(C)(C)C(=O)OCC(O)C(=O)O. The molecule has 0 saturated carbocycles. The molecule has 0 aromatic rings. The summed E-state index contributed by atoms with van der Waals surface area (Å²) in [5.41, 5.74) is -0.682. The van der Waals surface area contributed by atoms with Crippen LogP contribution in [0.25, 0.3) is 0 Å². The standard InChI is InChI=1S/C8H14O5/c1-8(2,3)7(12)13-4-5(9)6(10)11/h5,9H,4H2,1-3H3,(H,10,11). The molecule has 0 aromatic carbocycles. The number of carboxylic acid groups (broad SMARTS) is 1. The van der Waals surface area contributed by atoms with Gasteiger partial charge in [-0.2, -0.15) is 0 Å². The van der Waals surface area contributed by atoms with Crippen LogP contribution in [0.15, 0.2) is 0 Å². The second kappa shape index (κ2) is 4.23. The van der Waals surface area contributed by atoms with Gasteiger partial charge in [-0.1, -0.05) is 0 Å². The fourth-order valence-electron chi connectivity index (χ4n) is 0.442. The third-order valence-corrected chi connectivity index (χ3v) is 1.27. The first-order valence-corrected chi connectivity index (χ1v) is 3.83. The van der Waals surface area contributed by atoms with Crippen molar-refractivity contribution in [3.8, 4) is 0 Å². The summed E-state index contributed by atoms with van der Waals surface area (Å²) in [5, 5.41) is 17.0. The molecule has 13 heavy (non-hydrogen) atoms. The molecule has 0 spiro atoms. The van der Waals surface area contributed by atoms with Gasteiger partial charge in [0.2, 0.25) is 0 Å². The minimum atomic E-state index is -1.65. The first kappa shape index (κ1) is 11.9. The molecule has 0 bridgehead atoms. The van der Waals surface area contributed by atoms with Crippen LogP contribution in [0, 0.1) is 5.41 Å². The predicted octanol–water partition coefficient (Wildman–Crippen LogP) is 0.0212. The number of ether oxygens (including phenoxy) is 1. The lowest BCUT2D eigenvalue weighted by molar-refractivity contribution is -0.161. The van der Waals surface area contributed by atoms with E-state index in [-0.39, 0.29) is 0 Å². The van der Waals surface area contributed by atoms with Gasteiger partial charge < -0.3 is 14.9 Å². The molecule has 0 aliphatic carbocycles. The third kappa shape index (κ3) is 4.47. The molecule has 0 aromatic heterocycles. The molecule has 2 N–H and O–H groups in total. The topological polar surface area (TPSA) is 83.8 Å². The van der Waals surface area contributed by atoms with Gasteiger partial charge in [0.1, 0.15) is 6.61 Å². The molecule has 0 fully saturated rings. The van der Waals surface area contributed by atoms with Crippen LogP contribution in [-0.4, -0.2) is 34.9 Å². The molecule has 0 aliphatic heterocycles. The second-order valence-electron chi connectivity index (χ2n) is 3.70. The normalized spacial score (nSPS) is 13.5. The van der Waals surface area contributed by atoms with Crippen molar-refractivity contribution in [1.82, 2.24) is 0 Å². The number of carbonyl (C=O) groups excluding carboxylic acids is 1. The monoisotopic (exact) mass is 190 g/mol. The van der Waals surface area contributed by atoms with Crippen LogP contribution in [0.5, 0.6) is 0 Å². The van der Waals surface area contributed by atoms with Crippen LogP contribution in [0.3, 0.4) is 0 Å². The average molecular weight is 190 g/mol. The van der Waals surface area contributed by atoms with Crippen molar-refractivity contribution in [3.05, 3.63) is 0 Å². The number of rotatable bonds is 3.